The number of nitrogens with one attached hydrogen (secondary N) is 1. The van der Waals surface area contributed by atoms with Gasteiger partial charge in [-0.1, -0.05) is 26.2 Å². The van der Waals surface area contributed by atoms with E-state index in [0.29, 0.717) is 11.5 Å². The third kappa shape index (κ3) is 2.66. The van der Waals surface area contributed by atoms with Gasteiger partial charge in [0, 0.05) is 31.1 Å². The van der Waals surface area contributed by atoms with Gasteiger partial charge in [0.2, 0.25) is 0 Å². The maximum absolute atomic E-state index is 6.15. The minimum absolute atomic E-state index is 0.399. The van der Waals surface area contributed by atoms with Crippen LogP contribution in [-0.4, -0.2) is 30.1 Å². The number of hydrogen-bond acceptors (Lipinski definition) is 3. The molecule has 3 aliphatic rings. The Kier molecular flexibility index (Phi) is 3.58. The van der Waals surface area contributed by atoms with Crippen molar-refractivity contribution < 1.29 is 4.42 Å². The van der Waals surface area contributed by atoms with E-state index in [4.69, 9.17) is 4.42 Å². The lowest BCUT2D eigenvalue weighted by Crippen LogP contribution is -2.61. The Balaban J connectivity index is 1.47. The molecule has 2 aliphatic carbocycles. The molecular formula is C18H28N2O. The van der Waals surface area contributed by atoms with E-state index in [1.54, 1.807) is 0 Å². The summed E-state index contributed by atoms with van der Waals surface area (Å²) in [5.41, 5.74) is 0.399. The second-order valence-corrected chi connectivity index (χ2v) is 7.51. The van der Waals surface area contributed by atoms with Crippen molar-refractivity contribution in [1.82, 2.24) is 10.2 Å². The highest BCUT2D eigenvalue weighted by molar-refractivity contribution is 5.18. The average Bonchev–Trinajstić information content (AvgIpc) is 3.06. The predicted molar refractivity (Wildman–Crippen MR) is 84.3 cm³/mol. The van der Waals surface area contributed by atoms with Crippen LogP contribution in [0.3, 0.4) is 0 Å². The zero-order valence-corrected chi connectivity index (χ0v) is 13.2. The number of piperazine rings is 1. The van der Waals surface area contributed by atoms with E-state index in [2.05, 4.69) is 29.3 Å². The van der Waals surface area contributed by atoms with Crippen molar-refractivity contribution in [1.29, 1.82) is 0 Å². The summed E-state index contributed by atoms with van der Waals surface area (Å²) in [6.45, 7) is 6.77. The van der Waals surface area contributed by atoms with Crippen LogP contribution in [0, 0.1) is 5.92 Å². The summed E-state index contributed by atoms with van der Waals surface area (Å²) in [4.78, 5) is 2.71. The Morgan fingerprint density at radius 1 is 1.29 bits per heavy atom. The maximum Gasteiger partial charge on any atom is 0.118 e. The van der Waals surface area contributed by atoms with E-state index < -0.39 is 0 Å². The Labute approximate surface area is 128 Å². The van der Waals surface area contributed by atoms with Gasteiger partial charge in [0.1, 0.15) is 11.5 Å². The largest absolute Gasteiger partial charge is 0.464 e. The monoisotopic (exact) mass is 288 g/mol. The summed E-state index contributed by atoms with van der Waals surface area (Å²) in [5.74, 6) is 3.93. The van der Waals surface area contributed by atoms with Crippen LogP contribution in [0.1, 0.15) is 62.9 Å². The van der Waals surface area contributed by atoms with Crippen LogP contribution in [0.2, 0.25) is 0 Å². The van der Waals surface area contributed by atoms with Gasteiger partial charge in [-0.15, -0.1) is 0 Å². The maximum atomic E-state index is 6.15. The molecule has 21 heavy (non-hydrogen) atoms. The van der Waals surface area contributed by atoms with Crippen molar-refractivity contribution in [3.05, 3.63) is 23.7 Å². The number of rotatable bonds is 3. The van der Waals surface area contributed by atoms with Crippen LogP contribution in [-0.2, 0) is 6.54 Å². The molecule has 116 valence electrons. The fraction of sp³-hybridized carbons (Fsp3) is 0.778. The van der Waals surface area contributed by atoms with E-state index in [9.17, 15) is 0 Å². The molecule has 0 radical (unpaired) electrons. The van der Waals surface area contributed by atoms with E-state index >= 15 is 0 Å². The topological polar surface area (TPSA) is 28.4 Å². The zero-order valence-electron chi connectivity index (χ0n) is 13.2. The van der Waals surface area contributed by atoms with Crippen molar-refractivity contribution in [2.45, 2.75) is 63.5 Å². The Bertz CT molecular complexity index is 481. The van der Waals surface area contributed by atoms with Gasteiger partial charge in [-0.3, -0.25) is 4.90 Å². The first-order valence-corrected chi connectivity index (χ1v) is 8.81. The summed E-state index contributed by atoms with van der Waals surface area (Å²) in [6.07, 6.45) is 8.22. The molecule has 3 fully saturated rings. The molecule has 0 amide bonds. The fourth-order valence-corrected chi connectivity index (χ4v) is 4.42. The zero-order chi connectivity index (χ0) is 14.3. The lowest BCUT2D eigenvalue weighted by atomic mass is 9.79. The predicted octanol–water partition coefficient (Wildman–Crippen LogP) is 3.51. The molecule has 1 aliphatic heterocycles. The molecule has 0 aromatic carbocycles. The molecule has 1 N–H and O–H groups in total. The minimum Gasteiger partial charge on any atom is -0.464 e. The number of furan rings is 1. The van der Waals surface area contributed by atoms with Gasteiger partial charge < -0.3 is 9.73 Å². The molecule has 1 aromatic rings. The highest BCUT2D eigenvalue weighted by atomic mass is 16.3. The fourth-order valence-electron chi connectivity index (χ4n) is 4.42. The first kappa shape index (κ1) is 13.8. The third-order valence-corrected chi connectivity index (χ3v) is 5.97. The first-order chi connectivity index (χ1) is 10.3. The first-order valence-electron chi connectivity index (χ1n) is 8.81. The summed E-state index contributed by atoms with van der Waals surface area (Å²) < 4.78 is 6.15. The molecule has 2 unspecified atom stereocenters. The van der Waals surface area contributed by atoms with Crippen LogP contribution in [0.25, 0.3) is 0 Å². The van der Waals surface area contributed by atoms with E-state index in [0.717, 1.165) is 25.6 Å². The van der Waals surface area contributed by atoms with Crippen LogP contribution >= 0.6 is 0 Å². The third-order valence-electron chi connectivity index (χ3n) is 5.97. The van der Waals surface area contributed by atoms with Crippen LogP contribution in [0.5, 0.6) is 0 Å². The van der Waals surface area contributed by atoms with Gasteiger partial charge in [0.05, 0.1) is 6.54 Å². The van der Waals surface area contributed by atoms with Gasteiger partial charge in [-0.25, -0.2) is 0 Å². The molecule has 1 saturated heterocycles. The van der Waals surface area contributed by atoms with Gasteiger partial charge in [-0.2, -0.15) is 0 Å². The van der Waals surface area contributed by atoms with Crippen LogP contribution in [0.4, 0.5) is 0 Å². The molecule has 2 saturated carbocycles. The van der Waals surface area contributed by atoms with E-state index in [-0.39, 0.29) is 0 Å². The van der Waals surface area contributed by atoms with E-state index in [1.165, 1.54) is 56.6 Å². The molecule has 1 aromatic heterocycles. The van der Waals surface area contributed by atoms with Gasteiger partial charge in [0.25, 0.3) is 0 Å². The molecule has 2 atom stereocenters. The number of nitrogens with zero attached hydrogens (tertiary/aromatic N) is 1. The summed E-state index contributed by atoms with van der Waals surface area (Å²) in [5, 5.41) is 3.63. The molecule has 1 spiro atoms. The van der Waals surface area contributed by atoms with Crippen molar-refractivity contribution >= 4 is 0 Å². The summed E-state index contributed by atoms with van der Waals surface area (Å²) in [7, 11) is 0. The molecular weight excluding hydrogens is 260 g/mol. The molecule has 0 bridgehead atoms. The quantitative estimate of drug-likeness (QED) is 0.922. The second-order valence-electron chi connectivity index (χ2n) is 7.51. The van der Waals surface area contributed by atoms with Gasteiger partial charge in [0.15, 0.2) is 0 Å². The molecule has 3 nitrogen and oxygen atoms in total. The smallest absolute Gasteiger partial charge is 0.118 e. The highest BCUT2D eigenvalue weighted by Crippen LogP contribution is 2.47. The van der Waals surface area contributed by atoms with Gasteiger partial charge in [-0.05, 0) is 37.3 Å². The Morgan fingerprint density at radius 3 is 2.86 bits per heavy atom. The molecule has 2 heterocycles. The average molecular weight is 288 g/mol. The standard InChI is InChI=1S/C18H28N2O/c1-14-11-16(14)17-6-5-15(21-17)12-20-10-9-19-13-18(20)7-3-2-4-8-18/h5-6,14,16,19H,2-4,7-13H2,1H3. The van der Waals surface area contributed by atoms with E-state index in [1.807, 2.05) is 0 Å². The van der Waals surface area contributed by atoms with Crippen molar-refractivity contribution in [3.8, 4) is 0 Å². The number of hydrogen-bond donors (Lipinski definition) is 1. The second kappa shape index (κ2) is 5.44. The van der Waals surface area contributed by atoms with Crippen molar-refractivity contribution in [2.75, 3.05) is 19.6 Å². The van der Waals surface area contributed by atoms with Crippen molar-refractivity contribution in [2.24, 2.45) is 5.92 Å². The summed E-state index contributed by atoms with van der Waals surface area (Å²) in [6, 6.07) is 4.44. The molecule has 4 rings (SSSR count). The lowest BCUT2D eigenvalue weighted by molar-refractivity contribution is 0.0158. The Morgan fingerprint density at radius 2 is 2.10 bits per heavy atom. The Hall–Kier alpha value is -0.800. The normalized spacial score (nSPS) is 32.4. The molecule has 3 heteroatoms. The highest BCUT2D eigenvalue weighted by Gasteiger charge is 2.40. The lowest BCUT2D eigenvalue weighted by Gasteiger charge is -2.49. The minimum atomic E-state index is 0.399. The summed E-state index contributed by atoms with van der Waals surface area (Å²) >= 11 is 0. The van der Waals surface area contributed by atoms with Crippen LogP contribution in [0.15, 0.2) is 16.5 Å². The van der Waals surface area contributed by atoms with Crippen molar-refractivity contribution in [3.63, 3.8) is 0 Å². The SMILES string of the molecule is CC1CC1c1ccc(CN2CCNCC23CCCCC3)o1. The van der Waals surface area contributed by atoms with Crippen LogP contribution < -0.4 is 5.32 Å². The van der Waals surface area contributed by atoms with Gasteiger partial charge >= 0.3 is 0 Å².